The Morgan fingerprint density at radius 1 is 1.11 bits per heavy atom. The van der Waals surface area contributed by atoms with Gasteiger partial charge < -0.3 is 24.2 Å². The fourth-order valence-corrected chi connectivity index (χ4v) is 8.35. The first kappa shape index (κ1) is 28.1. The number of amides is 1. The Balaban J connectivity index is 1.04. The van der Waals surface area contributed by atoms with E-state index >= 15 is 0 Å². The number of carbonyl (C=O) groups excluding carboxylic acids is 1. The number of pyridine rings is 2. The Hall–Kier alpha value is -3.41. The SMILES string of the molecule is C=CC(=O)N1CCN(C2CN3c4cc(N5CCC6(CC5)OC5(COC5)c5nccc(C)c56)nc(C(F)F)c4C=CCC23)CC1. The quantitative estimate of drug-likeness (QED) is 0.489. The highest BCUT2D eigenvalue weighted by atomic mass is 19.3. The normalized spacial score (nSPS) is 26.6. The Labute approximate surface area is 256 Å². The van der Waals surface area contributed by atoms with Crippen molar-refractivity contribution in [2.45, 2.75) is 55.9 Å². The number of carbonyl (C=O) groups is 1. The van der Waals surface area contributed by atoms with Gasteiger partial charge in [0.2, 0.25) is 5.91 Å². The summed E-state index contributed by atoms with van der Waals surface area (Å²) in [5, 5.41) is 0. The van der Waals surface area contributed by atoms with Crippen LogP contribution in [-0.4, -0.2) is 96.8 Å². The highest BCUT2D eigenvalue weighted by Crippen LogP contribution is 2.55. The highest BCUT2D eigenvalue weighted by Gasteiger charge is 2.59. The number of ether oxygens (including phenoxy) is 2. The summed E-state index contributed by atoms with van der Waals surface area (Å²) in [6, 6.07) is 4.57. The molecular weight excluding hydrogens is 566 g/mol. The first-order valence-electron chi connectivity index (χ1n) is 15.7. The Morgan fingerprint density at radius 2 is 1.89 bits per heavy atom. The van der Waals surface area contributed by atoms with Crippen molar-refractivity contribution in [3.8, 4) is 0 Å². The molecule has 2 unspecified atom stereocenters. The van der Waals surface area contributed by atoms with Gasteiger partial charge in [-0.1, -0.05) is 18.7 Å². The van der Waals surface area contributed by atoms with Gasteiger partial charge in [0, 0.05) is 81.3 Å². The number of piperidine rings is 1. The van der Waals surface area contributed by atoms with Gasteiger partial charge >= 0.3 is 0 Å². The van der Waals surface area contributed by atoms with Crippen molar-refractivity contribution in [2.24, 2.45) is 0 Å². The van der Waals surface area contributed by atoms with Gasteiger partial charge in [0.05, 0.1) is 24.6 Å². The summed E-state index contributed by atoms with van der Waals surface area (Å²) in [6.45, 7) is 11.8. The molecule has 6 aliphatic rings. The van der Waals surface area contributed by atoms with E-state index < -0.39 is 17.6 Å². The molecule has 9 nitrogen and oxygen atoms in total. The van der Waals surface area contributed by atoms with E-state index in [1.165, 1.54) is 17.2 Å². The lowest BCUT2D eigenvalue weighted by Crippen LogP contribution is -2.69. The number of nitrogens with zero attached hydrogens (tertiary/aromatic N) is 6. The van der Waals surface area contributed by atoms with Crippen molar-refractivity contribution in [1.29, 1.82) is 0 Å². The van der Waals surface area contributed by atoms with Gasteiger partial charge in [0.15, 0.2) is 5.60 Å². The van der Waals surface area contributed by atoms with Gasteiger partial charge in [0.25, 0.3) is 6.43 Å². The lowest BCUT2D eigenvalue weighted by atomic mass is 9.81. The molecule has 0 aliphatic carbocycles. The smallest absolute Gasteiger partial charge is 0.281 e. The molecule has 8 rings (SSSR count). The molecule has 0 bridgehead atoms. The topological polar surface area (TPSA) is 74.3 Å². The summed E-state index contributed by atoms with van der Waals surface area (Å²) in [7, 11) is 0. The van der Waals surface area contributed by atoms with Crippen molar-refractivity contribution < 1.29 is 23.0 Å². The highest BCUT2D eigenvalue weighted by molar-refractivity contribution is 5.87. The monoisotopic (exact) mass is 604 g/mol. The molecule has 1 amide bonds. The summed E-state index contributed by atoms with van der Waals surface area (Å²) in [4.78, 5) is 30.1. The maximum atomic E-state index is 14.5. The second-order valence-electron chi connectivity index (χ2n) is 13.0. The molecule has 232 valence electrons. The minimum Gasteiger partial charge on any atom is -0.374 e. The third-order valence-electron chi connectivity index (χ3n) is 10.7. The van der Waals surface area contributed by atoms with Crippen LogP contribution in [0.3, 0.4) is 0 Å². The first-order chi connectivity index (χ1) is 21.3. The molecule has 0 radical (unpaired) electrons. The summed E-state index contributed by atoms with van der Waals surface area (Å²) in [5.41, 5.74) is 3.65. The van der Waals surface area contributed by atoms with Gasteiger partial charge in [-0.2, -0.15) is 0 Å². The molecule has 8 heterocycles. The van der Waals surface area contributed by atoms with E-state index in [-0.39, 0.29) is 17.6 Å². The number of piperazine rings is 1. The van der Waals surface area contributed by atoms with Crippen molar-refractivity contribution in [2.75, 3.05) is 68.8 Å². The zero-order valence-corrected chi connectivity index (χ0v) is 25.1. The van der Waals surface area contributed by atoms with Gasteiger partial charge in [-0.05, 0) is 43.9 Å². The number of hydrogen-bond donors (Lipinski definition) is 0. The predicted molar refractivity (Wildman–Crippen MR) is 162 cm³/mol. The predicted octanol–water partition coefficient (Wildman–Crippen LogP) is 3.78. The molecule has 0 N–H and O–H groups in total. The third-order valence-corrected chi connectivity index (χ3v) is 10.7. The molecule has 44 heavy (non-hydrogen) atoms. The molecule has 11 heteroatoms. The number of aryl methyl sites for hydroxylation is 1. The molecule has 4 fully saturated rings. The molecule has 2 aromatic heterocycles. The van der Waals surface area contributed by atoms with Gasteiger partial charge in [0.1, 0.15) is 17.1 Å². The molecule has 2 spiro atoms. The number of fused-ring (bicyclic) bond motifs is 6. The molecule has 0 saturated carbocycles. The fraction of sp³-hybridized carbons (Fsp3) is 0.545. The van der Waals surface area contributed by atoms with Crippen molar-refractivity contribution in [3.05, 3.63) is 65.1 Å². The van der Waals surface area contributed by atoms with Gasteiger partial charge in [-0.25, -0.2) is 13.8 Å². The number of rotatable bonds is 4. The molecule has 6 aliphatic heterocycles. The molecular formula is C33H38F2N6O3. The standard InChI is InChI=1S/C33H38F2N6O3/c1-3-27(42)40-15-13-38(14-16-40)25-18-41-23(25)6-4-5-22-24(41)17-26(37-29(22)31(34)35)39-11-8-32(9-12-39)28-21(2)7-10-36-30(28)33(44-32)19-43-20-33/h3-5,7,10,17,23,25,31H,1,6,8-9,11-16,18-20H2,2H3. The van der Waals surface area contributed by atoms with Crippen LogP contribution in [0, 0.1) is 6.92 Å². The zero-order valence-electron chi connectivity index (χ0n) is 25.1. The van der Waals surface area contributed by atoms with Crippen LogP contribution in [0.4, 0.5) is 20.3 Å². The fourth-order valence-electron chi connectivity index (χ4n) is 8.35. The number of aromatic nitrogens is 2. The van der Waals surface area contributed by atoms with E-state index in [0.717, 1.165) is 50.3 Å². The van der Waals surface area contributed by atoms with Crippen LogP contribution in [-0.2, 0) is 25.5 Å². The zero-order chi connectivity index (χ0) is 30.2. The van der Waals surface area contributed by atoms with Crippen molar-refractivity contribution in [1.82, 2.24) is 19.8 Å². The maximum absolute atomic E-state index is 14.5. The van der Waals surface area contributed by atoms with Crippen molar-refractivity contribution in [3.63, 3.8) is 0 Å². The lowest BCUT2D eigenvalue weighted by molar-refractivity contribution is -0.260. The molecule has 4 saturated heterocycles. The number of anilines is 2. The number of alkyl halides is 2. The first-order valence-corrected chi connectivity index (χ1v) is 15.7. The van der Waals surface area contributed by atoms with Crippen LogP contribution in [0.25, 0.3) is 6.08 Å². The number of halogens is 2. The summed E-state index contributed by atoms with van der Waals surface area (Å²) in [5.74, 6) is 0.576. The Bertz CT molecular complexity index is 1530. The van der Waals surface area contributed by atoms with Crippen LogP contribution in [0.1, 0.15) is 53.8 Å². The largest absolute Gasteiger partial charge is 0.374 e. The summed E-state index contributed by atoms with van der Waals surface area (Å²) in [6.07, 6.45) is 6.65. The van der Waals surface area contributed by atoms with E-state index in [0.29, 0.717) is 56.8 Å². The summed E-state index contributed by atoms with van der Waals surface area (Å²) >= 11 is 0. The Kier molecular flexibility index (Phi) is 6.59. The minimum atomic E-state index is -2.68. The second kappa shape index (κ2) is 10.3. The second-order valence-corrected chi connectivity index (χ2v) is 13.0. The average Bonchev–Trinajstić information content (AvgIpc) is 3.22. The van der Waals surface area contributed by atoms with Crippen LogP contribution in [0.5, 0.6) is 0 Å². The average molecular weight is 605 g/mol. The van der Waals surface area contributed by atoms with Gasteiger partial charge in [-0.15, -0.1) is 0 Å². The molecule has 2 atom stereocenters. The van der Waals surface area contributed by atoms with E-state index in [1.54, 1.807) is 0 Å². The summed E-state index contributed by atoms with van der Waals surface area (Å²) < 4.78 is 41.5. The Morgan fingerprint density at radius 3 is 2.57 bits per heavy atom. The third kappa shape index (κ3) is 4.15. The molecule has 2 aromatic rings. The van der Waals surface area contributed by atoms with Crippen LogP contribution >= 0.6 is 0 Å². The van der Waals surface area contributed by atoms with Crippen LogP contribution < -0.4 is 9.80 Å². The van der Waals surface area contributed by atoms with Gasteiger partial charge in [-0.3, -0.25) is 14.7 Å². The molecule has 0 aromatic carbocycles. The van der Waals surface area contributed by atoms with Crippen LogP contribution in [0.15, 0.2) is 37.1 Å². The maximum Gasteiger partial charge on any atom is 0.281 e. The van der Waals surface area contributed by atoms with Crippen LogP contribution in [0.2, 0.25) is 0 Å². The van der Waals surface area contributed by atoms with E-state index in [9.17, 15) is 13.6 Å². The van der Waals surface area contributed by atoms with E-state index in [2.05, 4.69) is 33.2 Å². The van der Waals surface area contributed by atoms with E-state index in [1.807, 2.05) is 35.4 Å². The minimum absolute atomic E-state index is 0.0264. The van der Waals surface area contributed by atoms with E-state index in [4.69, 9.17) is 14.5 Å². The van der Waals surface area contributed by atoms with Crippen molar-refractivity contribution >= 4 is 23.5 Å². The number of hydrogen-bond acceptors (Lipinski definition) is 8. The lowest BCUT2D eigenvalue weighted by Gasteiger charge is -2.55.